The van der Waals surface area contributed by atoms with Gasteiger partial charge in [0, 0.05) is 25.4 Å². The van der Waals surface area contributed by atoms with Crippen LogP contribution in [0.25, 0.3) is 0 Å². The average Bonchev–Trinajstić information content (AvgIpc) is 2.35. The van der Waals surface area contributed by atoms with Gasteiger partial charge in [-0.1, -0.05) is 17.7 Å². The molecule has 0 saturated carbocycles. The van der Waals surface area contributed by atoms with Gasteiger partial charge >= 0.3 is 0 Å². The zero-order valence-corrected chi connectivity index (χ0v) is 10.7. The summed E-state index contributed by atoms with van der Waals surface area (Å²) >= 11 is 5.67. The molecule has 3 nitrogen and oxygen atoms in total. The standard InChI is InChI=1S/C13H15ClFNO2/c14-12-6-9(1-2-13(12)15)5-11(17)7-10-8-18-4-3-16-10/h1-2,6,10,16H,3-5,7-8H2. The topological polar surface area (TPSA) is 38.3 Å². The highest BCUT2D eigenvalue weighted by Gasteiger charge is 2.17. The number of carbonyl (C=O) groups excluding carboxylic acids is 1. The molecule has 2 rings (SSSR count). The van der Waals surface area contributed by atoms with Crippen LogP contribution in [0.15, 0.2) is 18.2 Å². The summed E-state index contributed by atoms with van der Waals surface area (Å²) in [5.74, 6) is -0.365. The third-order valence-corrected chi connectivity index (χ3v) is 3.15. The van der Waals surface area contributed by atoms with Gasteiger partial charge in [-0.25, -0.2) is 4.39 Å². The van der Waals surface area contributed by atoms with E-state index in [1.807, 2.05) is 0 Å². The van der Waals surface area contributed by atoms with Gasteiger partial charge in [-0.15, -0.1) is 0 Å². The Morgan fingerprint density at radius 2 is 2.39 bits per heavy atom. The fourth-order valence-electron chi connectivity index (χ4n) is 1.98. The SMILES string of the molecule is O=C(Cc1ccc(F)c(Cl)c1)CC1COCCN1. The van der Waals surface area contributed by atoms with Gasteiger partial charge in [0.25, 0.3) is 0 Å². The molecule has 1 heterocycles. The van der Waals surface area contributed by atoms with Crippen molar-refractivity contribution in [1.82, 2.24) is 5.32 Å². The normalized spacial score (nSPS) is 19.8. The minimum absolute atomic E-state index is 0.0550. The lowest BCUT2D eigenvalue weighted by atomic mass is 10.0. The maximum absolute atomic E-state index is 13.0. The first-order valence-corrected chi connectivity index (χ1v) is 6.29. The monoisotopic (exact) mass is 271 g/mol. The number of nitrogens with one attached hydrogen (secondary N) is 1. The fraction of sp³-hybridized carbons (Fsp3) is 0.462. The van der Waals surface area contributed by atoms with Crippen molar-refractivity contribution in [2.75, 3.05) is 19.8 Å². The number of benzene rings is 1. The molecule has 1 N–H and O–H groups in total. The first kappa shape index (κ1) is 13.5. The van der Waals surface area contributed by atoms with E-state index in [0.29, 0.717) is 19.6 Å². The lowest BCUT2D eigenvalue weighted by Gasteiger charge is -2.23. The Balaban J connectivity index is 1.88. The van der Waals surface area contributed by atoms with E-state index in [0.717, 1.165) is 12.1 Å². The van der Waals surface area contributed by atoms with Crippen LogP contribution in [0.2, 0.25) is 5.02 Å². The third-order valence-electron chi connectivity index (χ3n) is 2.86. The number of hydrogen-bond acceptors (Lipinski definition) is 3. The second-order valence-electron chi connectivity index (χ2n) is 4.39. The Bertz CT molecular complexity index is 433. The van der Waals surface area contributed by atoms with Crippen LogP contribution < -0.4 is 5.32 Å². The summed E-state index contributed by atoms with van der Waals surface area (Å²) in [5.41, 5.74) is 0.739. The molecule has 1 unspecified atom stereocenters. The zero-order chi connectivity index (χ0) is 13.0. The van der Waals surface area contributed by atoms with Crippen LogP contribution in [0, 0.1) is 5.82 Å². The summed E-state index contributed by atoms with van der Waals surface area (Å²) in [4.78, 5) is 11.8. The molecule has 1 fully saturated rings. The minimum atomic E-state index is -0.463. The van der Waals surface area contributed by atoms with E-state index in [1.54, 1.807) is 6.07 Å². The molecule has 0 aromatic heterocycles. The van der Waals surface area contributed by atoms with Crippen LogP contribution in [-0.2, 0) is 16.0 Å². The third kappa shape index (κ3) is 3.77. The molecule has 1 aromatic rings. The first-order chi connectivity index (χ1) is 8.65. The Morgan fingerprint density at radius 1 is 1.56 bits per heavy atom. The number of halogens is 2. The number of ether oxygens (including phenoxy) is 1. The van der Waals surface area contributed by atoms with Crippen LogP contribution in [0.3, 0.4) is 0 Å². The Labute approximate surface area is 110 Å². The van der Waals surface area contributed by atoms with Crippen molar-refractivity contribution in [3.05, 3.63) is 34.6 Å². The number of morpholine rings is 1. The maximum atomic E-state index is 13.0. The smallest absolute Gasteiger partial charge is 0.141 e. The largest absolute Gasteiger partial charge is 0.379 e. The molecule has 0 bridgehead atoms. The van der Waals surface area contributed by atoms with E-state index in [9.17, 15) is 9.18 Å². The zero-order valence-electron chi connectivity index (χ0n) is 9.92. The lowest BCUT2D eigenvalue weighted by Crippen LogP contribution is -2.42. The van der Waals surface area contributed by atoms with E-state index < -0.39 is 5.82 Å². The number of hydrogen-bond donors (Lipinski definition) is 1. The summed E-state index contributed by atoms with van der Waals surface area (Å²) in [6, 6.07) is 4.46. The van der Waals surface area contributed by atoms with Gasteiger partial charge in [0.1, 0.15) is 11.6 Å². The first-order valence-electron chi connectivity index (χ1n) is 5.92. The second-order valence-corrected chi connectivity index (χ2v) is 4.80. The number of rotatable bonds is 4. The van der Waals surface area contributed by atoms with Crippen LogP contribution in [0.1, 0.15) is 12.0 Å². The minimum Gasteiger partial charge on any atom is -0.379 e. The summed E-state index contributed by atoms with van der Waals surface area (Å²) < 4.78 is 18.2. The fourth-order valence-corrected chi connectivity index (χ4v) is 2.18. The average molecular weight is 272 g/mol. The van der Waals surface area contributed by atoms with Crippen molar-refractivity contribution in [3.63, 3.8) is 0 Å². The highest BCUT2D eigenvalue weighted by atomic mass is 35.5. The van der Waals surface area contributed by atoms with Crippen molar-refractivity contribution >= 4 is 17.4 Å². The molecular formula is C13H15ClFNO2. The highest BCUT2D eigenvalue weighted by molar-refractivity contribution is 6.30. The van der Waals surface area contributed by atoms with Crippen molar-refractivity contribution in [1.29, 1.82) is 0 Å². The molecule has 0 spiro atoms. The quantitative estimate of drug-likeness (QED) is 0.910. The summed E-state index contributed by atoms with van der Waals surface area (Å²) in [6.45, 7) is 2.04. The van der Waals surface area contributed by atoms with Crippen LogP contribution in [0.4, 0.5) is 4.39 Å². The van der Waals surface area contributed by atoms with Gasteiger partial charge in [0.2, 0.25) is 0 Å². The Morgan fingerprint density at radius 3 is 3.06 bits per heavy atom. The molecule has 1 aromatic carbocycles. The Hall–Kier alpha value is -0.970. The summed E-state index contributed by atoms with van der Waals surface area (Å²) in [5, 5.41) is 3.28. The Kier molecular flexibility index (Phi) is 4.69. The van der Waals surface area contributed by atoms with Crippen LogP contribution in [0.5, 0.6) is 0 Å². The van der Waals surface area contributed by atoms with Crippen molar-refractivity contribution < 1.29 is 13.9 Å². The molecule has 5 heteroatoms. The lowest BCUT2D eigenvalue weighted by molar-refractivity contribution is -0.119. The molecule has 98 valence electrons. The van der Waals surface area contributed by atoms with Gasteiger partial charge in [-0.3, -0.25) is 4.79 Å². The second kappa shape index (κ2) is 6.27. The summed E-state index contributed by atoms with van der Waals surface area (Å²) in [7, 11) is 0. The van der Waals surface area contributed by atoms with Gasteiger partial charge in [0.15, 0.2) is 0 Å². The predicted molar refractivity (Wildman–Crippen MR) is 67.3 cm³/mol. The van der Waals surface area contributed by atoms with E-state index in [1.165, 1.54) is 12.1 Å². The molecule has 1 aliphatic rings. The highest BCUT2D eigenvalue weighted by Crippen LogP contribution is 2.17. The maximum Gasteiger partial charge on any atom is 0.141 e. The van der Waals surface area contributed by atoms with Crippen LogP contribution >= 0.6 is 11.6 Å². The van der Waals surface area contributed by atoms with E-state index in [4.69, 9.17) is 16.3 Å². The molecule has 0 amide bonds. The molecular weight excluding hydrogens is 257 g/mol. The van der Waals surface area contributed by atoms with Gasteiger partial charge in [-0.05, 0) is 17.7 Å². The molecule has 1 atom stereocenters. The van der Waals surface area contributed by atoms with E-state index in [2.05, 4.69) is 5.32 Å². The summed E-state index contributed by atoms with van der Waals surface area (Å²) in [6.07, 6.45) is 0.702. The molecule has 1 saturated heterocycles. The number of ketones is 1. The van der Waals surface area contributed by atoms with Crippen molar-refractivity contribution in [2.45, 2.75) is 18.9 Å². The van der Waals surface area contributed by atoms with E-state index >= 15 is 0 Å². The predicted octanol–water partition coefficient (Wildman–Crippen LogP) is 1.97. The van der Waals surface area contributed by atoms with Gasteiger partial charge in [-0.2, -0.15) is 0 Å². The van der Waals surface area contributed by atoms with Gasteiger partial charge in [0.05, 0.1) is 18.2 Å². The van der Waals surface area contributed by atoms with Gasteiger partial charge < -0.3 is 10.1 Å². The number of Topliss-reactive ketones (excluding diaryl/α,β-unsaturated/α-hetero) is 1. The van der Waals surface area contributed by atoms with Crippen LogP contribution in [-0.4, -0.2) is 31.6 Å². The number of carbonyl (C=O) groups is 1. The van der Waals surface area contributed by atoms with E-state index in [-0.39, 0.29) is 23.3 Å². The van der Waals surface area contributed by atoms with Crippen molar-refractivity contribution in [2.24, 2.45) is 0 Å². The molecule has 0 aliphatic carbocycles. The van der Waals surface area contributed by atoms with Crippen molar-refractivity contribution in [3.8, 4) is 0 Å². The molecule has 18 heavy (non-hydrogen) atoms. The molecule has 1 aliphatic heterocycles. The molecule has 0 radical (unpaired) electrons.